The van der Waals surface area contributed by atoms with Gasteiger partial charge in [-0.2, -0.15) is 0 Å². The van der Waals surface area contributed by atoms with E-state index in [0.29, 0.717) is 22.5 Å². The first-order valence-electron chi connectivity index (χ1n) is 9.37. The van der Waals surface area contributed by atoms with E-state index in [2.05, 4.69) is 5.32 Å². The van der Waals surface area contributed by atoms with Gasteiger partial charge in [0.05, 0.1) is 18.0 Å². The molecule has 0 bridgehead atoms. The molecule has 0 fully saturated rings. The molecule has 6 nitrogen and oxygen atoms in total. The van der Waals surface area contributed by atoms with Crippen molar-refractivity contribution in [3.63, 3.8) is 0 Å². The van der Waals surface area contributed by atoms with Gasteiger partial charge in [-0.05, 0) is 44.5 Å². The fourth-order valence-corrected chi connectivity index (χ4v) is 4.38. The number of halogens is 2. The Morgan fingerprint density at radius 2 is 1.93 bits per heavy atom. The van der Waals surface area contributed by atoms with Crippen LogP contribution in [0.2, 0.25) is 0 Å². The van der Waals surface area contributed by atoms with E-state index in [1.54, 1.807) is 0 Å². The molecule has 30 heavy (non-hydrogen) atoms. The number of nitrogens with zero attached hydrogens (tertiary/aromatic N) is 1. The Bertz CT molecular complexity index is 1090. The van der Waals surface area contributed by atoms with Gasteiger partial charge in [-0.3, -0.25) is 9.10 Å². The molecule has 9 heteroatoms. The topological polar surface area (TPSA) is 75.7 Å². The van der Waals surface area contributed by atoms with Crippen LogP contribution in [0.15, 0.2) is 36.4 Å². The average molecular weight is 438 g/mol. The number of amides is 1. The Kier molecular flexibility index (Phi) is 5.77. The quantitative estimate of drug-likeness (QED) is 0.776. The molecule has 0 radical (unpaired) electrons. The number of rotatable bonds is 5. The minimum absolute atomic E-state index is 0.391. The van der Waals surface area contributed by atoms with E-state index in [0.717, 1.165) is 29.5 Å². The van der Waals surface area contributed by atoms with Crippen LogP contribution < -0.4 is 14.4 Å². The highest BCUT2D eigenvalue weighted by atomic mass is 32.2. The van der Waals surface area contributed by atoms with Gasteiger partial charge in [0.1, 0.15) is 29.5 Å². The SMILES string of the molecule is Cc1ccc2c(c1)OC(C)(C)C[C@H]2NC(=O)CN(c1ccc(F)cc1F)S(C)(=O)=O. The predicted octanol–water partition coefficient (Wildman–Crippen LogP) is 3.46. The van der Waals surface area contributed by atoms with E-state index in [4.69, 9.17) is 4.74 Å². The van der Waals surface area contributed by atoms with E-state index in [1.165, 1.54) is 0 Å². The number of hydrogen-bond acceptors (Lipinski definition) is 4. The summed E-state index contributed by atoms with van der Waals surface area (Å²) in [7, 11) is -3.99. The van der Waals surface area contributed by atoms with Crippen LogP contribution in [-0.2, 0) is 14.8 Å². The maximum absolute atomic E-state index is 14.2. The largest absolute Gasteiger partial charge is 0.487 e. The molecule has 0 saturated heterocycles. The van der Waals surface area contributed by atoms with Gasteiger partial charge in [0.15, 0.2) is 0 Å². The molecule has 1 atom stereocenters. The summed E-state index contributed by atoms with van der Waals surface area (Å²) < 4.78 is 58.4. The maximum Gasteiger partial charge on any atom is 0.241 e. The minimum Gasteiger partial charge on any atom is -0.487 e. The Morgan fingerprint density at radius 3 is 2.57 bits per heavy atom. The first-order chi connectivity index (χ1) is 13.9. The highest BCUT2D eigenvalue weighted by Gasteiger charge is 2.35. The molecule has 0 aromatic heterocycles. The molecule has 2 aromatic carbocycles. The minimum atomic E-state index is -3.99. The Morgan fingerprint density at radius 1 is 1.23 bits per heavy atom. The van der Waals surface area contributed by atoms with Crippen molar-refractivity contribution in [1.82, 2.24) is 5.32 Å². The zero-order chi connectivity index (χ0) is 22.3. The van der Waals surface area contributed by atoms with Gasteiger partial charge < -0.3 is 10.1 Å². The number of carbonyl (C=O) groups excluding carboxylic acids is 1. The normalized spacial score (nSPS) is 17.6. The van der Waals surface area contributed by atoms with Crippen LogP contribution in [-0.4, -0.2) is 32.7 Å². The summed E-state index contributed by atoms with van der Waals surface area (Å²) in [5.41, 5.74) is 0.856. The van der Waals surface area contributed by atoms with Gasteiger partial charge in [0.2, 0.25) is 15.9 Å². The van der Waals surface area contributed by atoms with Crippen LogP contribution >= 0.6 is 0 Å². The van der Waals surface area contributed by atoms with Crippen molar-refractivity contribution in [3.05, 3.63) is 59.2 Å². The van der Waals surface area contributed by atoms with E-state index >= 15 is 0 Å². The number of sulfonamides is 1. The van der Waals surface area contributed by atoms with Crippen molar-refractivity contribution in [2.24, 2.45) is 0 Å². The van der Waals surface area contributed by atoms with Gasteiger partial charge in [-0.15, -0.1) is 0 Å². The first kappa shape index (κ1) is 22.0. The fraction of sp³-hybridized carbons (Fsp3) is 0.381. The molecule has 1 aliphatic rings. The molecule has 162 valence electrons. The molecular weight excluding hydrogens is 414 g/mol. The monoisotopic (exact) mass is 438 g/mol. The summed E-state index contributed by atoms with van der Waals surface area (Å²) in [5, 5.41) is 2.83. The molecule has 3 rings (SSSR count). The summed E-state index contributed by atoms with van der Waals surface area (Å²) >= 11 is 0. The average Bonchev–Trinajstić information content (AvgIpc) is 2.58. The van der Waals surface area contributed by atoms with Crippen LogP contribution in [0.3, 0.4) is 0 Å². The number of anilines is 1. The van der Waals surface area contributed by atoms with Gasteiger partial charge >= 0.3 is 0 Å². The summed E-state index contributed by atoms with van der Waals surface area (Å²) in [6, 6.07) is 7.74. The molecule has 1 amide bonds. The zero-order valence-corrected chi connectivity index (χ0v) is 18.0. The van der Waals surface area contributed by atoms with E-state index in [1.807, 2.05) is 39.0 Å². The lowest BCUT2D eigenvalue weighted by Crippen LogP contribution is -2.45. The smallest absolute Gasteiger partial charge is 0.241 e. The van der Waals surface area contributed by atoms with Crippen molar-refractivity contribution in [1.29, 1.82) is 0 Å². The zero-order valence-electron chi connectivity index (χ0n) is 17.2. The molecule has 1 N–H and O–H groups in total. The van der Waals surface area contributed by atoms with Gasteiger partial charge in [-0.25, -0.2) is 17.2 Å². The van der Waals surface area contributed by atoms with Crippen LogP contribution in [0, 0.1) is 18.6 Å². The molecule has 0 unspecified atom stereocenters. The fourth-order valence-electron chi connectivity index (χ4n) is 3.52. The number of carbonyl (C=O) groups is 1. The number of ether oxygens (including phenoxy) is 1. The second kappa shape index (κ2) is 7.86. The third kappa shape index (κ3) is 4.89. The van der Waals surface area contributed by atoms with Crippen molar-refractivity contribution in [2.45, 2.75) is 38.8 Å². The van der Waals surface area contributed by atoms with Gasteiger partial charge in [-0.1, -0.05) is 12.1 Å². The molecular formula is C21H24F2N2O4S. The molecule has 0 aliphatic carbocycles. The lowest BCUT2D eigenvalue weighted by molar-refractivity contribution is -0.120. The summed E-state index contributed by atoms with van der Waals surface area (Å²) in [5.74, 6) is -1.87. The maximum atomic E-state index is 14.2. The van der Waals surface area contributed by atoms with Crippen molar-refractivity contribution < 1.29 is 26.7 Å². The van der Waals surface area contributed by atoms with Crippen molar-refractivity contribution in [3.8, 4) is 5.75 Å². The highest BCUT2D eigenvalue weighted by molar-refractivity contribution is 7.92. The number of aryl methyl sites for hydroxylation is 1. The Balaban J connectivity index is 1.86. The third-order valence-electron chi connectivity index (χ3n) is 4.83. The summed E-state index contributed by atoms with van der Waals surface area (Å²) in [6.45, 7) is 5.09. The lowest BCUT2D eigenvalue weighted by atomic mass is 9.89. The number of fused-ring (bicyclic) bond motifs is 1. The highest BCUT2D eigenvalue weighted by Crippen LogP contribution is 2.39. The van der Waals surface area contributed by atoms with Gasteiger partial charge in [0, 0.05) is 18.1 Å². The Labute approximate surface area is 174 Å². The molecule has 0 saturated carbocycles. The van der Waals surface area contributed by atoms with Crippen molar-refractivity contribution >= 4 is 21.6 Å². The van der Waals surface area contributed by atoms with E-state index < -0.39 is 51.4 Å². The first-order valence-corrected chi connectivity index (χ1v) is 11.2. The van der Waals surface area contributed by atoms with Crippen LogP contribution in [0.25, 0.3) is 0 Å². The molecule has 1 aliphatic heterocycles. The summed E-state index contributed by atoms with van der Waals surface area (Å²) in [6.07, 6.45) is 1.33. The van der Waals surface area contributed by atoms with Crippen molar-refractivity contribution in [2.75, 3.05) is 17.1 Å². The molecule has 2 aromatic rings. The lowest BCUT2D eigenvalue weighted by Gasteiger charge is -2.38. The second-order valence-electron chi connectivity index (χ2n) is 8.09. The number of nitrogens with one attached hydrogen (secondary N) is 1. The van der Waals surface area contributed by atoms with E-state index in [-0.39, 0.29) is 0 Å². The van der Waals surface area contributed by atoms with Crippen LogP contribution in [0.4, 0.5) is 14.5 Å². The molecule has 0 spiro atoms. The molecule has 1 heterocycles. The van der Waals surface area contributed by atoms with E-state index in [9.17, 15) is 22.0 Å². The van der Waals surface area contributed by atoms with Crippen LogP contribution in [0.1, 0.15) is 37.4 Å². The number of benzene rings is 2. The second-order valence-corrected chi connectivity index (χ2v) is 10.00. The standard InChI is InChI=1S/C21H24F2N2O4S/c1-13-5-7-15-17(11-21(2,3)29-19(15)9-13)24-20(26)12-25(30(4,27)28)18-8-6-14(22)10-16(18)23/h5-10,17H,11-12H2,1-4H3,(H,24,26)/t17-/m1/s1. The van der Waals surface area contributed by atoms with Gasteiger partial charge in [0.25, 0.3) is 0 Å². The third-order valence-corrected chi connectivity index (χ3v) is 5.95. The number of hydrogen-bond donors (Lipinski definition) is 1. The summed E-state index contributed by atoms with van der Waals surface area (Å²) in [4.78, 5) is 12.8. The van der Waals surface area contributed by atoms with Crippen LogP contribution in [0.5, 0.6) is 5.75 Å². The Hall–Kier alpha value is -2.68. The predicted molar refractivity (Wildman–Crippen MR) is 110 cm³/mol.